The molecule has 8 heteroatoms. The molecule has 2 aromatic carbocycles. The van der Waals surface area contributed by atoms with Gasteiger partial charge in [0.25, 0.3) is 11.8 Å². The molecular weight excluding hydrogens is 408 g/mol. The number of carboxylic acids is 1. The molecule has 160 valence electrons. The SMILES string of the molecule is O=C1Nc2ccc(NC(=O)c3ccc(C(=O)O)cc3)cc2C1=Cc1nc2c([nH]1)CCCC2. The van der Waals surface area contributed by atoms with Crippen molar-refractivity contribution >= 4 is 40.8 Å². The fourth-order valence-corrected chi connectivity index (χ4v) is 4.06. The Balaban J connectivity index is 1.40. The number of aryl methyl sites for hydroxylation is 2. The van der Waals surface area contributed by atoms with Crippen LogP contribution >= 0.6 is 0 Å². The molecule has 0 bridgehead atoms. The molecule has 8 nitrogen and oxygen atoms in total. The summed E-state index contributed by atoms with van der Waals surface area (Å²) in [6, 6.07) is 10.9. The van der Waals surface area contributed by atoms with E-state index in [1.165, 1.54) is 24.3 Å². The van der Waals surface area contributed by atoms with E-state index < -0.39 is 5.97 Å². The van der Waals surface area contributed by atoms with Gasteiger partial charge in [0.05, 0.1) is 16.8 Å². The van der Waals surface area contributed by atoms with E-state index in [4.69, 9.17) is 5.11 Å². The smallest absolute Gasteiger partial charge is 0.335 e. The fraction of sp³-hybridized carbons (Fsp3) is 0.167. The van der Waals surface area contributed by atoms with Crippen LogP contribution in [0.5, 0.6) is 0 Å². The fourth-order valence-electron chi connectivity index (χ4n) is 4.06. The molecule has 4 N–H and O–H groups in total. The molecule has 0 spiro atoms. The maximum absolute atomic E-state index is 12.6. The number of carbonyl (C=O) groups is 3. The average Bonchev–Trinajstić information content (AvgIpc) is 3.34. The van der Waals surface area contributed by atoms with Gasteiger partial charge in [-0.3, -0.25) is 9.59 Å². The number of hydrogen-bond acceptors (Lipinski definition) is 4. The summed E-state index contributed by atoms with van der Waals surface area (Å²) in [5.41, 5.74) is 5.00. The minimum atomic E-state index is -1.05. The van der Waals surface area contributed by atoms with Gasteiger partial charge in [0, 0.05) is 28.2 Å². The molecule has 1 aliphatic carbocycles. The van der Waals surface area contributed by atoms with Crippen molar-refractivity contribution in [3.8, 4) is 0 Å². The summed E-state index contributed by atoms with van der Waals surface area (Å²) < 4.78 is 0. The minimum absolute atomic E-state index is 0.109. The zero-order valence-corrected chi connectivity index (χ0v) is 17.1. The zero-order chi connectivity index (χ0) is 22.2. The second kappa shape index (κ2) is 7.81. The van der Waals surface area contributed by atoms with E-state index in [1.54, 1.807) is 24.3 Å². The number of aromatic nitrogens is 2. The second-order valence-corrected chi connectivity index (χ2v) is 7.86. The number of H-pyrrole nitrogens is 1. The molecular formula is C24H20N4O4. The van der Waals surface area contributed by atoms with Gasteiger partial charge in [0.15, 0.2) is 0 Å². The summed E-state index contributed by atoms with van der Waals surface area (Å²) in [5, 5.41) is 14.6. The third-order valence-corrected chi connectivity index (χ3v) is 5.71. The lowest BCUT2D eigenvalue weighted by molar-refractivity contribution is -0.110. The number of anilines is 2. The highest BCUT2D eigenvalue weighted by Crippen LogP contribution is 2.35. The predicted molar refractivity (Wildman–Crippen MR) is 120 cm³/mol. The number of carbonyl (C=O) groups excluding carboxylic acids is 2. The topological polar surface area (TPSA) is 124 Å². The average molecular weight is 428 g/mol. The maximum Gasteiger partial charge on any atom is 0.335 e. The first-order valence-corrected chi connectivity index (χ1v) is 10.4. The van der Waals surface area contributed by atoms with Crippen LogP contribution < -0.4 is 10.6 Å². The van der Waals surface area contributed by atoms with Crippen molar-refractivity contribution in [2.24, 2.45) is 0 Å². The summed E-state index contributed by atoms with van der Waals surface area (Å²) in [7, 11) is 0. The summed E-state index contributed by atoms with van der Waals surface area (Å²) in [6.07, 6.45) is 5.92. The molecule has 0 saturated heterocycles. The lowest BCUT2D eigenvalue weighted by Gasteiger charge is -2.08. The van der Waals surface area contributed by atoms with E-state index >= 15 is 0 Å². The number of rotatable bonds is 4. The van der Waals surface area contributed by atoms with Crippen molar-refractivity contribution in [1.82, 2.24) is 9.97 Å². The van der Waals surface area contributed by atoms with Crippen molar-refractivity contribution in [1.29, 1.82) is 0 Å². The number of carboxylic acid groups (broad SMARTS) is 1. The van der Waals surface area contributed by atoms with Gasteiger partial charge in [-0.1, -0.05) is 0 Å². The van der Waals surface area contributed by atoms with Gasteiger partial charge in [0.2, 0.25) is 0 Å². The van der Waals surface area contributed by atoms with Crippen LogP contribution in [-0.4, -0.2) is 32.9 Å². The Morgan fingerprint density at radius 3 is 2.53 bits per heavy atom. The van der Waals surface area contributed by atoms with Crippen molar-refractivity contribution in [2.45, 2.75) is 25.7 Å². The van der Waals surface area contributed by atoms with E-state index in [9.17, 15) is 14.4 Å². The number of nitrogens with one attached hydrogen (secondary N) is 3. The molecule has 0 saturated carbocycles. The van der Waals surface area contributed by atoms with Crippen molar-refractivity contribution in [3.63, 3.8) is 0 Å². The largest absolute Gasteiger partial charge is 0.478 e. The van der Waals surface area contributed by atoms with Crippen LogP contribution in [-0.2, 0) is 17.6 Å². The number of fused-ring (bicyclic) bond motifs is 2. The minimum Gasteiger partial charge on any atom is -0.478 e. The van der Waals surface area contributed by atoms with E-state index in [0.29, 0.717) is 33.9 Å². The van der Waals surface area contributed by atoms with Crippen LogP contribution in [0.25, 0.3) is 11.6 Å². The molecule has 5 rings (SSSR count). The molecule has 3 aromatic rings. The van der Waals surface area contributed by atoms with Crippen LogP contribution in [0.2, 0.25) is 0 Å². The lowest BCUT2D eigenvalue weighted by atomic mass is 10.0. The molecule has 0 unspecified atom stereocenters. The molecule has 0 atom stereocenters. The van der Waals surface area contributed by atoms with E-state index in [0.717, 1.165) is 37.1 Å². The Morgan fingerprint density at radius 1 is 1.03 bits per heavy atom. The first-order valence-electron chi connectivity index (χ1n) is 10.4. The number of aromatic amines is 1. The maximum atomic E-state index is 12.6. The van der Waals surface area contributed by atoms with Gasteiger partial charge in [-0.05, 0) is 74.2 Å². The van der Waals surface area contributed by atoms with E-state index in [-0.39, 0.29) is 17.4 Å². The van der Waals surface area contributed by atoms with Gasteiger partial charge in [-0.2, -0.15) is 0 Å². The molecule has 32 heavy (non-hydrogen) atoms. The highest BCUT2D eigenvalue weighted by Gasteiger charge is 2.25. The molecule has 2 amide bonds. The molecule has 0 radical (unpaired) electrons. The van der Waals surface area contributed by atoms with Gasteiger partial charge in [-0.25, -0.2) is 9.78 Å². The molecule has 0 fully saturated rings. The number of aromatic carboxylic acids is 1. The standard InChI is InChI=1S/C24H20N4O4/c29-22(13-5-7-14(8-6-13)24(31)32)25-15-9-10-18-16(11-15)17(23(30)28-18)12-21-26-19-3-1-2-4-20(19)27-21/h5-12H,1-4H2,(H,25,29)(H,26,27)(H,28,30)(H,31,32). The Morgan fingerprint density at radius 2 is 1.78 bits per heavy atom. The van der Waals surface area contributed by atoms with Gasteiger partial charge in [0.1, 0.15) is 5.82 Å². The lowest BCUT2D eigenvalue weighted by Crippen LogP contribution is -2.12. The molecule has 2 aliphatic rings. The van der Waals surface area contributed by atoms with Gasteiger partial charge < -0.3 is 20.7 Å². The Hall–Kier alpha value is -4.20. The van der Waals surface area contributed by atoms with Crippen molar-refractivity contribution in [2.75, 3.05) is 10.6 Å². The first-order chi connectivity index (χ1) is 15.5. The van der Waals surface area contributed by atoms with E-state index in [1.807, 2.05) is 0 Å². The quantitative estimate of drug-likeness (QED) is 0.472. The summed E-state index contributed by atoms with van der Waals surface area (Å²) in [4.78, 5) is 44.1. The zero-order valence-electron chi connectivity index (χ0n) is 17.1. The normalized spacial score (nSPS) is 15.8. The monoisotopic (exact) mass is 428 g/mol. The molecule has 1 aliphatic heterocycles. The van der Waals surface area contributed by atoms with E-state index in [2.05, 4.69) is 20.6 Å². The number of nitrogens with zero attached hydrogens (tertiary/aromatic N) is 1. The molecule has 1 aromatic heterocycles. The highest BCUT2D eigenvalue weighted by molar-refractivity contribution is 6.35. The van der Waals surface area contributed by atoms with Crippen LogP contribution in [0.15, 0.2) is 42.5 Å². The number of benzene rings is 2. The Kier molecular flexibility index (Phi) is 4.82. The summed E-state index contributed by atoms with van der Waals surface area (Å²) in [6.45, 7) is 0. The highest BCUT2D eigenvalue weighted by atomic mass is 16.4. The van der Waals surface area contributed by atoms with Gasteiger partial charge in [-0.15, -0.1) is 0 Å². The number of imidazole rings is 1. The Labute approximate surface area is 183 Å². The van der Waals surface area contributed by atoms with Crippen molar-refractivity contribution in [3.05, 3.63) is 76.4 Å². The molecule has 2 heterocycles. The number of hydrogen-bond donors (Lipinski definition) is 4. The second-order valence-electron chi connectivity index (χ2n) is 7.86. The van der Waals surface area contributed by atoms with Crippen LogP contribution in [0.4, 0.5) is 11.4 Å². The van der Waals surface area contributed by atoms with Crippen molar-refractivity contribution < 1.29 is 19.5 Å². The van der Waals surface area contributed by atoms with Gasteiger partial charge >= 0.3 is 5.97 Å². The summed E-state index contributed by atoms with van der Waals surface area (Å²) >= 11 is 0. The van der Waals surface area contributed by atoms with Crippen LogP contribution in [0.1, 0.15) is 56.3 Å². The van der Waals surface area contributed by atoms with Crippen LogP contribution in [0.3, 0.4) is 0 Å². The Bertz CT molecular complexity index is 1260. The third-order valence-electron chi connectivity index (χ3n) is 5.71. The first kappa shape index (κ1) is 19.7. The third kappa shape index (κ3) is 3.66. The summed E-state index contributed by atoms with van der Waals surface area (Å²) in [5.74, 6) is -0.988. The predicted octanol–water partition coefficient (Wildman–Crippen LogP) is 3.73. The number of amides is 2. The van der Waals surface area contributed by atoms with Crippen LogP contribution in [0, 0.1) is 0 Å².